The average molecular weight is 808 g/mol. The number of amides is 1. The Kier molecular flexibility index (Phi) is 47.5. The summed E-state index contributed by atoms with van der Waals surface area (Å²) in [6.45, 7) is 4.30. The molecule has 0 aromatic rings. The summed E-state index contributed by atoms with van der Waals surface area (Å²) in [5, 5.41) is 33.5. The largest absolute Gasteiger partial charge is 0.394 e. The molecular formula is C52H105NO4. The third kappa shape index (κ3) is 44.7. The summed E-state index contributed by atoms with van der Waals surface area (Å²) >= 11 is 0. The van der Waals surface area contributed by atoms with Crippen LogP contribution in [-0.2, 0) is 4.79 Å². The molecule has 342 valence electrons. The van der Waals surface area contributed by atoms with Gasteiger partial charge in [0.25, 0.3) is 0 Å². The number of aliphatic hydroxyl groups excluding tert-OH is 3. The lowest BCUT2D eigenvalue weighted by Crippen LogP contribution is -2.46. The number of carbonyl (C=O) groups excluding carboxylic acids is 1. The molecule has 3 atom stereocenters. The van der Waals surface area contributed by atoms with Gasteiger partial charge in [-0.15, -0.1) is 0 Å². The van der Waals surface area contributed by atoms with Crippen molar-refractivity contribution in [2.75, 3.05) is 6.61 Å². The summed E-state index contributed by atoms with van der Waals surface area (Å²) in [6, 6.07) is -0.653. The van der Waals surface area contributed by atoms with Crippen molar-refractivity contribution in [3.05, 3.63) is 0 Å². The molecule has 5 heteroatoms. The molecule has 0 aromatic carbocycles. The second-order valence-electron chi connectivity index (χ2n) is 18.5. The highest BCUT2D eigenvalue weighted by molar-refractivity contribution is 5.76. The molecule has 0 radical (unpaired) electrons. The molecule has 57 heavy (non-hydrogen) atoms. The van der Waals surface area contributed by atoms with Gasteiger partial charge in [0.15, 0.2) is 0 Å². The fourth-order valence-corrected chi connectivity index (χ4v) is 8.64. The van der Waals surface area contributed by atoms with Gasteiger partial charge < -0.3 is 20.6 Å². The van der Waals surface area contributed by atoms with Crippen LogP contribution in [0.4, 0.5) is 0 Å². The topological polar surface area (TPSA) is 89.8 Å². The minimum absolute atomic E-state index is 0.0433. The minimum Gasteiger partial charge on any atom is -0.394 e. The van der Waals surface area contributed by atoms with Gasteiger partial charge in [0.1, 0.15) is 0 Å². The van der Waals surface area contributed by atoms with Crippen molar-refractivity contribution in [2.45, 2.75) is 321 Å². The Hall–Kier alpha value is -0.650. The van der Waals surface area contributed by atoms with Gasteiger partial charge in [0.05, 0.1) is 31.3 Å². The third-order valence-corrected chi connectivity index (χ3v) is 12.7. The van der Waals surface area contributed by atoms with Crippen molar-refractivity contribution in [1.29, 1.82) is 0 Å². The van der Waals surface area contributed by atoms with E-state index in [-0.39, 0.29) is 18.9 Å². The predicted octanol–water partition coefficient (Wildman–Crippen LogP) is 15.8. The fraction of sp³-hybridized carbons (Fsp3) is 0.981. The van der Waals surface area contributed by atoms with Gasteiger partial charge in [-0.1, -0.05) is 284 Å². The molecule has 4 N–H and O–H groups in total. The van der Waals surface area contributed by atoms with Crippen molar-refractivity contribution >= 4 is 5.91 Å². The van der Waals surface area contributed by atoms with Crippen molar-refractivity contribution in [1.82, 2.24) is 5.32 Å². The van der Waals surface area contributed by atoms with E-state index in [9.17, 15) is 20.1 Å². The van der Waals surface area contributed by atoms with E-state index in [2.05, 4.69) is 19.2 Å². The van der Waals surface area contributed by atoms with Gasteiger partial charge in [0.2, 0.25) is 5.91 Å². The van der Waals surface area contributed by atoms with Crippen LogP contribution < -0.4 is 5.32 Å². The molecule has 0 spiro atoms. The summed E-state index contributed by atoms with van der Waals surface area (Å²) in [7, 11) is 0. The Bertz CT molecular complexity index is 762. The van der Waals surface area contributed by atoms with Gasteiger partial charge >= 0.3 is 0 Å². The van der Waals surface area contributed by atoms with Crippen LogP contribution in [0.15, 0.2) is 0 Å². The van der Waals surface area contributed by atoms with Crippen molar-refractivity contribution in [2.24, 2.45) is 0 Å². The molecule has 0 saturated heterocycles. The van der Waals surface area contributed by atoms with Crippen LogP contribution in [0.5, 0.6) is 0 Å². The Morgan fingerprint density at radius 3 is 0.842 bits per heavy atom. The Balaban J connectivity index is 3.47. The molecule has 0 bridgehead atoms. The smallest absolute Gasteiger partial charge is 0.222 e. The average Bonchev–Trinajstić information content (AvgIpc) is 3.20. The van der Waals surface area contributed by atoms with Gasteiger partial charge in [0, 0.05) is 0 Å². The van der Waals surface area contributed by atoms with E-state index in [1.165, 1.54) is 244 Å². The molecule has 5 nitrogen and oxygen atoms in total. The van der Waals surface area contributed by atoms with Gasteiger partial charge in [-0.25, -0.2) is 0 Å². The summed E-state index contributed by atoms with van der Waals surface area (Å²) < 4.78 is 0. The molecule has 0 fully saturated rings. The van der Waals surface area contributed by atoms with E-state index in [4.69, 9.17) is 0 Å². The molecule has 3 unspecified atom stereocenters. The molecule has 0 aliphatic heterocycles. The molecular weight excluding hydrogens is 703 g/mol. The lowest BCUT2D eigenvalue weighted by atomic mass is 10.0. The van der Waals surface area contributed by atoms with E-state index in [0.29, 0.717) is 12.8 Å². The Labute approximate surface area is 357 Å². The lowest BCUT2D eigenvalue weighted by Gasteiger charge is -2.23. The molecule has 0 saturated carbocycles. The zero-order valence-corrected chi connectivity index (χ0v) is 39.0. The first-order valence-corrected chi connectivity index (χ1v) is 26.3. The molecule has 0 heterocycles. The number of unbranched alkanes of at least 4 members (excludes halogenated alkanes) is 40. The quantitative estimate of drug-likeness (QED) is 0.0461. The number of rotatable bonds is 49. The predicted molar refractivity (Wildman–Crippen MR) is 250 cm³/mol. The highest BCUT2D eigenvalue weighted by Crippen LogP contribution is 2.18. The maximum Gasteiger partial charge on any atom is 0.222 e. The van der Waals surface area contributed by atoms with Gasteiger partial charge in [-0.3, -0.25) is 4.79 Å². The molecule has 0 aliphatic carbocycles. The van der Waals surface area contributed by atoms with E-state index in [0.717, 1.165) is 25.7 Å². The second kappa shape index (κ2) is 48.0. The zero-order valence-electron chi connectivity index (χ0n) is 39.0. The van der Waals surface area contributed by atoms with Crippen molar-refractivity contribution in [3.8, 4) is 0 Å². The van der Waals surface area contributed by atoms with Gasteiger partial charge in [-0.05, 0) is 12.8 Å². The number of hydrogen-bond acceptors (Lipinski definition) is 4. The van der Waals surface area contributed by atoms with Crippen LogP contribution in [0.1, 0.15) is 303 Å². The summed E-state index contributed by atoms with van der Waals surface area (Å²) in [5.74, 6) is -0.276. The van der Waals surface area contributed by atoms with Crippen LogP contribution in [0.25, 0.3) is 0 Å². The highest BCUT2D eigenvalue weighted by Gasteiger charge is 2.21. The van der Waals surface area contributed by atoms with Crippen LogP contribution in [-0.4, -0.2) is 46.1 Å². The number of nitrogens with one attached hydrogen (secondary N) is 1. The van der Waals surface area contributed by atoms with Crippen molar-refractivity contribution in [3.63, 3.8) is 0 Å². The van der Waals surface area contributed by atoms with Crippen LogP contribution in [0.2, 0.25) is 0 Å². The number of aliphatic hydroxyl groups is 3. The monoisotopic (exact) mass is 808 g/mol. The van der Waals surface area contributed by atoms with Crippen LogP contribution in [0, 0.1) is 0 Å². The molecule has 0 aromatic heterocycles. The Morgan fingerprint density at radius 2 is 0.596 bits per heavy atom. The first-order valence-electron chi connectivity index (χ1n) is 26.3. The molecule has 0 aliphatic rings. The zero-order chi connectivity index (χ0) is 41.5. The SMILES string of the molecule is CCCCCCCCCCCCCCCCCCCCCCCCCCCCCC(O)CC(=O)NC(CO)C(O)CCCCCCCCCCCCCCCCC. The lowest BCUT2D eigenvalue weighted by molar-refractivity contribution is -0.125. The van der Waals surface area contributed by atoms with E-state index in [1.54, 1.807) is 0 Å². The second-order valence-corrected chi connectivity index (χ2v) is 18.5. The maximum absolute atomic E-state index is 12.5. The molecule has 1 amide bonds. The summed E-state index contributed by atoms with van der Waals surface area (Å²) in [5.41, 5.74) is 0. The van der Waals surface area contributed by atoms with Crippen LogP contribution in [0.3, 0.4) is 0 Å². The first-order chi connectivity index (χ1) is 28.0. The Morgan fingerprint density at radius 1 is 0.368 bits per heavy atom. The maximum atomic E-state index is 12.5. The summed E-state index contributed by atoms with van der Waals surface area (Å²) in [6.07, 6.45) is 56.8. The first kappa shape index (κ1) is 56.4. The minimum atomic E-state index is -0.744. The van der Waals surface area contributed by atoms with E-state index in [1.807, 2.05) is 0 Å². The number of hydrogen-bond donors (Lipinski definition) is 4. The van der Waals surface area contributed by atoms with Gasteiger partial charge in [-0.2, -0.15) is 0 Å². The standard InChI is InChI=1S/C52H105NO4/c1-3-5-7-9-11-13-15-17-19-20-21-22-23-24-25-26-27-28-29-30-32-33-35-37-39-41-43-45-49(55)47-52(57)53-50(48-54)51(56)46-44-42-40-38-36-34-31-18-16-14-12-10-8-6-4-2/h49-51,54-56H,3-48H2,1-2H3,(H,53,57). The third-order valence-electron chi connectivity index (χ3n) is 12.7. The fourth-order valence-electron chi connectivity index (χ4n) is 8.64. The highest BCUT2D eigenvalue weighted by atomic mass is 16.3. The summed E-state index contributed by atoms with van der Waals surface area (Å²) in [4.78, 5) is 12.5. The van der Waals surface area contributed by atoms with Crippen LogP contribution >= 0.6 is 0 Å². The normalized spacial score (nSPS) is 13.3. The molecule has 0 rings (SSSR count). The van der Waals surface area contributed by atoms with Crippen molar-refractivity contribution < 1.29 is 20.1 Å². The van der Waals surface area contributed by atoms with E-state index >= 15 is 0 Å². The number of carbonyl (C=O) groups is 1. The van der Waals surface area contributed by atoms with E-state index < -0.39 is 18.2 Å².